The molecule has 56 valence electrons. The molecule has 0 saturated carbocycles. The Balaban J connectivity index is 2.42. The van der Waals surface area contributed by atoms with Crippen LogP contribution in [-0.4, -0.2) is 18.0 Å². The Kier molecular flexibility index (Phi) is 2.16. The number of rotatable bonds is 0. The van der Waals surface area contributed by atoms with Gasteiger partial charge in [-0.2, -0.15) is 5.26 Å². The Morgan fingerprint density at radius 1 is 1.40 bits per heavy atom. The molecule has 0 bridgehead atoms. The number of hydrogen-bond donors (Lipinski definition) is 0. The van der Waals surface area contributed by atoms with Crippen molar-refractivity contribution in [1.29, 1.82) is 5.26 Å². The molecule has 0 aliphatic carbocycles. The number of nitrogens with zero attached hydrogens (tertiary/aromatic N) is 2. The highest BCUT2D eigenvalue weighted by Gasteiger charge is 2.21. The van der Waals surface area contributed by atoms with E-state index in [-0.39, 0.29) is 0 Å². The van der Waals surface area contributed by atoms with Crippen molar-refractivity contribution in [2.45, 2.75) is 20.3 Å². The summed E-state index contributed by atoms with van der Waals surface area (Å²) < 4.78 is 0. The average molecular weight is 138 g/mol. The lowest BCUT2D eigenvalue weighted by atomic mass is 9.89. The third-order valence-corrected chi connectivity index (χ3v) is 2.48. The van der Waals surface area contributed by atoms with Crippen LogP contribution in [0.1, 0.15) is 20.3 Å². The molecule has 2 atom stereocenters. The van der Waals surface area contributed by atoms with Crippen LogP contribution < -0.4 is 0 Å². The normalized spacial score (nSPS) is 33.5. The first-order valence-corrected chi connectivity index (χ1v) is 3.88. The van der Waals surface area contributed by atoms with Crippen LogP contribution >= 0.6 is 0 Å². The first-order chi connectivity index (χ1) is 4.74. The molecule has 2 nitrogen and oxygen atoms in total. The van der Waals surface area contributed by atoms with Gasteiger partial charge in [0.1, 0.15) is 0 Å². The van der Waals surface area contributed by atoms with E-state index in [1.54, 1.807) is 0 Å². The van der Waals surface area contributed by atoms with Crippen LogP contribution in [0.5, 0.6) is 0 Å². The highest BCUT2D eigenvalue weighted by Crippen LogP contribution is 2.21. The number of nitriles is 1. The van der Waals surface area contributed by atoms with Gasteiger partial charge in [0.25, 0.3) is 0 Å². The molecule has 0 aromatic carbocycles. The van der Waals surface area contributed by atoms with Gasteiger partial charge in [-0.15, -0.1) is 0 Å². The predicted octanol–water partition coefficient (Wildman–Crippen LogP) is 1.45. The minimum atomic E-state index is 0.688. The van der Waals surface area contributed by atoms with Crippen LogP contribution in [0.3, 0.4) is 0 Å². The Hall–Kier alpha value is -0.710. The quantitative estimate of drug-likeness (QED) is 0.474. The van der Waals surface area contributed by atoms with Crippen LogP contribution in [0.25, 0.3) is 0 Å². The minimum Gasteiger partial charge on any atom is -0.310 e. The highest BCUT2D eigenvalue weighted by molar-refractivity contribution is 4.82. The largest absolute Gasteiger partial charge is 0.310 e. The van der Waals surface area contributed by atoms with Gasteiger partial charge in [0.15, 0.2) is 6.19 Å². The first-order valence-electron chi connectivity index (χ1n) is 3.88. The summed E-state index contributed by atoms with van der Waals surface area (Å²) in [6.07, 6.45) is 3.36. The van der Waals surface area contributed by atoms with Gasteiger partial charge < -0.3 is 4.90 Å². The third kappa shape index (κ3) is 1.41. The van der Waals surface area contributed by atoms with E-state index < -0.39 is 0 Å². The fourth-order valence-corrected chi connectivity index (χ4v) is 1.35. The second kappa shape index (κ2) is 2.92. The zero-order chi connectivity index (χ0) is 7.56. The molecule has 0 aromatic heterocycles. The molecule has 1 aliphatic rings. The lowest BCUT2D eigenvalue weighted by Gasteiger charge is -2.31. The monoisotopic (exact) mass is 138 g/mol. The number of hydrogen-bond acceptors (Lipinski definition) is 2. The molecule has 1 aliphatic heterocycles. The number of piperidine rings is 1. The van der Waals surface area contributed by atoms with Gasteiger partial charge in [-0.1, -0.05) is 13.8 Å². The van der Waals surface area contributed by atoms with Crippen molar-refractivity contribution in [3.63, 3.8) is 0 Å². The average Bonchev–Trinajstić information content (AvgIpc) is 1.95. The maximum absolute atomic E-state index is 8.57. The van der Waals surface area contributed by atoms with E-state index in [9.17, 15) is 0 Å². The van der Waals surface area contributed by atoms with Gasteiger partial charge in [0.2, 0.25) is 0 Å². The Morgan fingerprint density at radius 2 is 2.10 bits per heavy atom. The van der Waals surface area contributed by atoms with E-state index in [4.69, 9.17) is 5.26 Å². The lowest BCUT2D eigenvalue weighted by Crippen LogP contribution is -2.34. The molecule has 0 amide bonds. The van der Waals surface area contributed by atoms with Crippen molar-refractivity contribution < 1.29 is 0 Å². The highest BCUT2D eigenvalue weighted by atomic mass is 15.1. The molecule has 1 fully saturated rings. The van der Waals surface area contributed by atoms with E-state index in [0.29, 0.717) is 5.92 Å². The van der Waals surface area contributed by atoms with E-state index in [0.717, 1.165) is 19.0 Å². The minimum absolute atomic E-state index is 0.688. The molecular formula is C8H14N2. The van der Waals surface area contributed by atoms with Crippen molar-refractivity contribution in [1.82, 2.24) is 4.90 Å². The maximum atomic E-state index is 8.57. The Bertz CT molecular complexity index is 148. The molecule has 1 heterocycles. The molecule has 0 N–H and O–H groups in total. The van der Waals surface area contributed by atoms with Gasteiger partial charge >= 0.3 is 0 Å². The summed E-state index contributed by atoms with van der Waals surface area (Å²) in [6, 6.07) is 0. The fraction of sp³-hybridized carbons (Fsp3) is 0.875. The second-order valence-corrected chi connectivity index (χ2v) is 3.29. The van der Waals surface area contributed by atoms with Crippen molar-refractivity contribution >= 4 is 0 Å². The SMILES string of the molecule is CC1CCN(C#N)CC1C. The molecule has 0 aromatic rings. The van der Waals surface area contributed by atoms with Crippen LogP contribution in [-0.2, 0) is 0 Å². The van der Waals surface area contributed by atoms with Crippen molar-refractivity contribution in [2.24, 2.45) is 11.8 Å². The summed E-state index contributed by atoms with van der Waals surface area (Å²) in [4.78, 5) is 1.85. The van der Waals surface area contributed by atoms with Gasteiger partial charge in [-0.05, 0) is 18.3 Å². The molecule has 1 rings (SSSR count). The summed E-state index contributed by atoms with van der Waals surface area (Å²) in [5.41, 5.74) is 0. The predicted molar refractivity (Wildman–Crippen MR) is 40.1 cm³/mol. The molecule has 0 spiro atoms. The standard InChI is InChI=1S/C8H14N2/c1-7-3-4-10(6-9)5-8(7)2/h7-8H,3-5H2,1-2H3. The van der Waals surface area contributed by atoms with Crippen LogP contribution in [0.4, 0.5) is 0 Å². The second-order valence-electron chi connectivity index (χ2n) is 3.29. The van der Waals surface area contributed by atoms with Crippen molar-refractivity contribution in [2.75, 3.05) is 13.1 Å². The van der Waals surface area contributed by atoms with Crippen LogP contribution in [0.15, 0.2) is 0 Å². The van der Waals surface area contributed by atoms with Gasteiger partial charge in [-0.25, -0.2) is 0 Å². The summed E-state index contributed by atoms with van der Waals surface area (Å²) in [5.74, 6) is 1.48. The zero-order valence-electron chi connectivity index (χ0n) is 6.67. The first kappa shape index (κ1) is 7.40. The Labute approximate surface area is 62.4 Å². The van der Waals surface area contributed by atoms with Crippen LogP contribution in [0.2, 0.25) is 0 Å². The summed E-state index contributed by atoms with van der Waals surface area (Å²) in [6.45, 7) is 6.40. The van der Waals surface area contributed by atoms with Crippen molar-refractivity contribution in [3.8, 4) is 6.19 Å². The summed E-state index contributed by atoms with van der Waals surface area (Å²) in [5, 5.41) is 8.57. The van der Waals surface area contributed by atoms with Gasteiger partial charge in [0.05, 0.1) is 0 Å². The summed E-state index contributed by atoms with van der Waals surface area (Å²) in [7, 11) is 0. The van der Waals surface area contributed by atoms with E-state index >= 15 is 0 Å². The smallest absolute Gasteiger partial charge is 0.179 e. The zero-order valence-corrected chi connectivity index (χ0v) is 6.67. The molecule has 2 heteroatoms. The van der Waals surface area contributed by atoms with Crippen molar-refractivity contribution in [3.05, 3.63) is 0 Å². The van der Waals surface area contributed by atoms with E-state index in [1.165, 1.54) is 6.42 Å². The van der Waals surface area contributed by atoms with Gasteiger partial charge in [0, 0.05) is 13.1 Å². The maximum Gasteiger partial charge on any atom is 0.179 e. The van der Waals surface area contributed by atoms with Crippen LogP contribution in [0, 0.1) is 23.3 Å². The molecular weight excluding hydrogens is 124 g/mol. The third-order valence-electron chi connectivity index (χ3n) is 2.48. The fourth-order valence-electron chi connectivity index (χ4n) is 1.35. The topological polar surface area (TPSA) is 27.0 Å². The number of likely N-dealkylation sites (tertiary alicyclic amines) is 1. The molecule has 2 unspecified atom stereocenters. The van der Waals surface area contributed by atoms with E-state index in [1.807, 2.05) is 4.90 Å². The lowest BCUT2D eigenvalue weighted by molar-refractivity contribution is 0.193. The molecule has 0 radical (unpaired) electrons. The molecule has 10 heavy (non-hydrogen) atoms. The summed E-state index contributed by atoms with van der Waals surface area (Å²) >= 11 is 0. The molecule has 1 saturated heterocycles. The van der Waals surface area contributed by atoms with E-state index in [2.05, 4.69) is 20.0 Å². The van der Waals surface area contributed by atoms with Gasteiger partial charge in [-0.3, -0.25) is 0 Å². The Morgan fingerprint density at radius 3 is 2.60 bits per heavy atom.